The van der Waals surface area contributed by atoms with Gasteiger partial charge in [-0.3, -0.25) is 0 Å². The van der Waals surface area contributed by atoms with Crippen molar-refractivity contribution >= 4 is 22.6 Å². The molecule has 0 atom stereocenters. The number of ether oxygens (including phenoxy) is 1. The number of aliphatic hydroxyl groups is 2. The highest BCUT2D eigenvalue weighted by Crippen LogP contribution is 2.34. The Morgan fingerprint density at radius 1 is 1.13 bits per heavy atom. The maximum atomic E-state index is 9.55. The Balaban J connectivity index is 1.70. The Morgan fingerprint density at radius 3 is 2.58 bits per heavy atom. The normalized spacial score (nSPS) is 11.9. The number of nitrogens with zero attached hydrogens (tertiary/aromatic N) is 2. The monoisotopic (exact) mass is 443 g/mol. The summed E-state index contributed by atoms with van der Waals surface area (Å²) < 4.78 is 16.7. The van der Waals surface area contributed by atoms with Crippen molar-refractivity contribution in [3.63, 3.8) is 0 Å². The molecular formula is C22H22ClN3O5. The molecule has 31 heavy (non-hydrogen) atoms. The Hall–Kier alpha value is -2.91. The molecule has 0 bridgehead atoms. The number of hydrogen-bond donors (Lipinski definition) is 3. The predicted molar refractivity (Wildman–Crippen MR) is 116 cm³/mol. The molecule has 8 nitrogen and oxygen atoms in total. The Bertz CT molecular complexity index is 1230. The Morgan fingerprint density at radius 2 is 1.90 bits per heavy atom. The zero-order valence-electron chi connectivity index (χ0n) is 17.1. The van der Waals surface area contributed by atoms with Crippen LogP contribution >= 0.6 is 11.6 Å². The maximum absolute atomic E-state index is 9.55. The van der Waals surface area contributed by atoms with E-state index in [-0.39, 0.29) is 0 Å². The second-order valence-corrected chi connectivity index (χ2v) is 7.70. The number of aliphatic hydroxyl groups excluding tert-OH is 2. The largest absolute Gasteiger partial charge is 0.492 e. The van der Waals surface area contributed by atoms with E-state index in [0.29, 0.717) is 46.0 Å². The minimum atomic E-state index is -1.36. The molecule has 0 spiro atoms. The standard InChI is InChI=1S/C22H22ClN3O5/c1-3-29-17-5-4-13(8-16(17)23)21-25-20(26-31-21)15-6-12(2)19-14(7-15)9-18(30-19)22(24,10-27)11-28/h4-9,27-28H,3,10-11,24H2,1-2H3. The van der Waals surface area contributed by atoms with Crippen molar-refractivity contribution in [1.29, 1.82) is 0 Å². The van der Waals surface area contributed by atoms with Crippen LogP contribution < -0.4 is 10.5 Å². The van der Waals surface area contributed by atoms with Crippen LogP contribution in [0.4, 0.5) is 0 Å². The van der Waals surface area contributed by atoms with Gasteiger partial charge in [-0.25, -0.2) is 0 Å². The minimum absolute atomic E-state index is 0.297. The molecule has 2 heterocycles. The number of aromatic nitrogens is 2. The highest BCUT2D eigenvalue weighted by molar-refractivity contribution is 6.32. The van der Waals surface area contributed by atoms with Crippen LogP contribution in [0.25, 0.3) is 33.8 Å². The van der Waals surface area contributed by atoms with Gasteiger partial charge in [-0.15, -0.1) is 0 Å². The highest BCUT2D eigenvalue weighted by atomic mass is 35.5. The summed E-state index contributed by atoms with van der Waals surface area (Å²) >= 11 is 6.26. The van der Waals surface area contributed by atoms with Crippen molar-refractivity contribution in [2.75, 3.05) is 19.8 Å². The van der Waals surface area contributed by atoms with E-state index in [9.17, 15) is 10.2 Å². The molecule has 4 aromatic rings. The third-order valence-electron chi connectivity index (χ3n) is 5.02. The van der Waals surface area contributed by atoms with Crippen LogP contribution in [0.15, 0.2) is 45.3 Å². The first kappa shape index (κ1) is 21.3. The molecule has 0 amide bonds. The van der Waals surface area contributed by atoms with E-state index in [1.54, 1.807) is 24.3 Å². The summed E-state index contributed by atoms with van der Waals surface area (Å²) in [4.78, 5) is 4.49. The lowest BCUT2D eigenvalue weighted by molar-refractivity contribution is 0.105. The number of rotatable bonds is 7. The number of hydrogen-bond acceptors (Lipinski definition) is 8. The lowest BCUT2D eigenvalue weighted by Crippen LogP contribution is -2.43. The molecule has 0 aliphatic heterocycles. The van der Waals surface area contributed by atoms with Crippen molar-refractivity contribution in [3.05, 3.63) is 52.7 Å². The minimum Gasteiger partial charge on any atom is -0.492 e. The lowest BCUT2D eigenvalue weighted by atomic mass is 9.99. The Kier molecular flexibility index (Phi) is 5.72. The highest BCUT2D eigenvalue weighted by Gasteiger charge is 2.30. The second-order valence-electron chi connectivity index (χ2n) is 7.30. The van der Waals surface area contributed by atoms with E-state index in [1.807, 2.05) is 26.0 Å². The molecule has 2 aromatic carbocycles. The van der Waals surface area contributed by atoms with Crippen LogP contribution in [0.1, 0.15) is 18.2 Å². The van der Waals surface area contributed by atoms with Gasteiger partial charge in [0.15, 0.2) is 0 Å². The van der Waals surface area contributed by atoms with Gasteiger partial charge < -0.3 is 29.6 Å². The molecule has 2 aromatic heterocycles. The second kappa shape index (κ2) is 8.32. The molecule has 0 aliphatic carbocycles. The van der Waals surface area contributed by atoms with Gasteiger partial charge in [-0.1, -0.05) is 16.8 Å². The number of furan rings is 1. The van der Waals surface area contributed by atoms with E-state index in [2.05, 4.69) is 10.1 Å². The van der Waals surface area contributed by atoms with Crippen LogP contribution in [-0.2, 0) is 5.54 Å². The van der Waals surface area contributed by atoms with Gasteiger partial charge in [0.05, 0.1) is 24.8 Å². The Labute approximate surface area is 183 Å². The number of nitrogens with two attached hydrogens (primary N) is 1. The molecule has 0 unspecified atom stereocenters. The van der Waals surface area contributed by atoms with E-state index in [0.717, 1.165) is 16.5 Å². The molecule has 9 heteroatoms. The van der Waals surface area contributed by atoms with Gasteiger partial charge in [0.25, 0.3) is 5.89 Å². The third kappa shape index (κ3) is 3.90. The number of benzene rings is 2. The molecule has 0 saturated carbocycles. The molecular weight excluding hydrogens is 422 g/mol. The van der Waals surface area contributed by atoms with E-state index < -0.39 is 18.8 Å². The fourth-order valence-corrected chi connectivity index (χ4v) is 3.51. The number of halogens is 1. The average Bonchev–Trinajstić information content (AvgIpc) is 3.43. The number of aryl methyl sites for hydroxylation is 1. The zero-order chi connectivity index (χ0) is 22.2. The molecule has 4 rings (SSSR count). The van der Waals surface area contributed by atoms with Gasteiger partial charge in [0, 0.05) is 16.5 Å². The molecule has 0 saturated heterocycles. The van der Waals surface area contributed by atoms with Crippen molar-refractivity contribution in [2.45, 2.75) is 19.4 Å². The smallest absolute Gasteiger partial charge is 0.258 e. The van der Waals surface area contributed by atoms with Crippen LogP contribution in [0.5, 0.6) is 5.75 Å². The molecule has 4 N–H and O–H groups in total. The van der Waals surface area contributed by atoms with Crippen molar-refractivity contribution in [2.24, 2.45) is 5.73 Å². The summed E-state index contributed by atoms with van der Waals surface area (Å²) in [6.07, 6.45) is 0. The SMILES string of the molecule is CCOc1ccc(-c2nc(-c3cc(C)c4oc(C(N)(CO)CO)cc4c3)no2)cc1Cl. The van der Waals surface area contributed by atoms with Crippen molar-refractivity contribution in [3.8, 4) is 28.6 Å². The van der Waals surface area contributed by atoms with Crippen molar-refractivity contribution in [1.82, 2.24) is 10.1 Å². The van der Waals surface area contributed by atoms with Crippen molar-refractivity contribution < 1.29 is 23.9 Å². The predicted octanol–water partition coefficient (Wildman–Crippen LogP) is 3.65. The quantitative estimate of drug-likeness (QED) is 0.395. The van der Waals surface area contributed by atoms with Gasteiger partial charge in [0.2, 0.25) is 5.82 Å². The van der Waals surface area contributed by atoms with Crippen LogP contribution in [0.2, 0.25) is 5.02 Å². The van der Waals surface area contributed by atoms with Gasteiger partial charge in [0.1, 0.15) is 22.6 Å². The summed E-state index contributed by atoms with van der Waals surface area (Å²) in [5, 5.41) is 24.4. The first-order chi connectivity index (χ1) is 14.9. The van der Waals surface area contributed by atoms with Gasteiger partial charge in [-0.2, -0.15) is 4.98 Å². The lowest BCUT2D eigenvalue weighted by Gasteiger charge is -2.21. The fourth-order valence-electron chi connectivity index (χ4n) is 3.27. The van der Waals surface area contributed by atoms with Gasteiger partial charge >= 0.3 is 0 Å². The summed E-state index contributed by atoms with van der Waals surface area (Å²) in [7, 11) is 0. The molecule has 0 aliphatic rings. The molecule has 0 radical (unpaired) electrons. The topological polar surface area (TPSA) is 128 Å². The zero-order valence-corrected chi connectivity index (χ0v) is 17.8. The van der Waals surface area contributed by atoms with Crippen LogP contribution in [0.3, 0.4) is 0 Å². The van der Waals surface area contributed by atoms with E-state index in [4.69, 9.17) is 31.0 Å². The first-order valence-corrected chi connectivity index (χ1v) is 10.1. The molecule has 0 fully saturated rings. The maximum Gasteiger partial charge on any atom is 0.258 e. The average molecular weight is 444 g/mol. The first-order valence-electron chi connectivity index (χ1n) is 9.70. The molecule has 162 valence electrons. The fraction of sp³-hybridized carbons (Fsp3) is 0.273. The van der Waals surface area contributed by atoms with Crippen LogP contribution in [0, 0.1) is 6.92 Å². The number of fused-ring (bicyclic) bond motifs is 1. The van der Waals surface area contributed by atoms with E-state index >= 15 is 0 Å². The summed E-state index contributed by atoms with van der Waals surface area (Å²) in [5.41, 5.74) is 7.51. The summed E-state index contributed by atoms with van der Waals surface area (Å²) in [5.74, 6) is 1.61. The summed E-state index contributed by atoms with van der Waals surface area (Å²) in [6.45, 7) is 3.38. The van der Waals surface area contributed by atoms with E-state index in [1.165, 1.54) is 0 Å². The van der Waals surface area contributed by atoms with Gasteiger partial charge in [-0.05, 0) is 55.8 Å². The van der Waals surface area contributed by atoms with Crippen LogP contribution in [-0.4, -0.2) is 40.2 Å². The summed E-state index contributed by atoms with van der Waals surface area (Å²) in [6, 6.07) is 10.7. The third-order valence-corrected chi connectivity index (χ3v) is 5.32.